The molecule has 0 fully saturated rings. The zero-order valence-electron chi connectivity index (χ0n) is 7.82. The predicted molar refractivity (Wildman–Crippen MR) is 50.3 cm³/mol. The van der Waals surface area contributed by atoms with Crippen LogP contribution in [0.15, 0.2) is 18.2 Å². The molecule has 0 spiro atoms. The summed E-state index contributed by atoms with van der Waals surface area (Å²) in [5.74, 6) is 0.468. The van der Waals surface area contributed by atoms with Crippen molar-refractivity contribution in [1.29, 1.82) is 0 Å². The van der Waals surface area contributed by atoms with Gasteiger partial charge in [0, 0.05) is 0 Å². The highest BCUT2D eigenvalue weighted by molar-refractivity contribution is 5.42. The van der Waals surface area contributed by atoms with E-state index < -0.39 is 6.10 Å². The van der Waals surface area contributed by atoms with Crippen LogP contribution in [0.3, 0.4) is 0 Å². The Bertz CT molecular complexity index is 274. The number of hydrogen-bond acceptors (Lipinski definition) is 4. The van der Waals surface area contributed by atoms with Crippen LogP contribution in [0.4, 0.5) is 0 Å². The topological polar surface area (TPSA) is 84.7 Å². The van der Waals surface area contributed by atoms with Gasteiger partial charge in [0.15, 0.2) is 11.5 Å². The molecule has 0 saturated heterocycles. The van der Waals surface area contributed by atoms with Crippen LogP contribution in [0.2, 0.25) is 0 Å². The Morgan fingerprint density at radius 3 is 2.46 bits per heavy atom. The second kappa shape index (κ2) is 4.69. The molecule has 4 heteroatoms. The lowest BCUT2D eigenvalue weighted by Gasteiger charge is -2.07. The Morgan fingerprint density at radius 1 is 1.38 bits per heavy atom. The molecule has 74 valence electrons. The molecule has 0 aliphatic carbocycles. The average molecular weight is 185 g/mol. The molecule has 1 aromatic carbocycles. The first-order chi connectivity index (χ1) is 5.65. The Kier molecular flexibility index (Phi) is 4.23. The van der Waals surface area contributed by atoms with E-state index in [-0.39, 0.29) is 11.9 Å². The summed E-state index contributed by atoms with van der Waals surface area (Å²) in [5.41, 5.74) is 0.727. The fraction of sp³-hybridized carbons (Fsp3) is 0.333. The molecule has 1 atom stereocenters. The first kappa shape index (κ1) is 11.7. The number of rotatable bonds is 2. The molecular weight excluding hydrogens is 170 g/mol. The van der Waals surface area contributed by atoms with Gasteiger partial charge in [-0.05, 0) is 24.6 Å². The van der Waals surface area contributed by atoms with Crippen molar-refractivity contribution in [2.24, 2.45) is 0 Å². The summed E-state index contributed by atoms with van der Waals surface area (Å²) in [5, 5.41) is 18.4. The predicted octanol–water partition coefficient (Wildman–Crippen LogP) is 1.62. The molecule has 0 saturated carbocycles. The van der Waals surface area contributed by atoms with Crippen LogP contribution in [-0.4, -0.2) is 17.3 Å². The molecule has 0 aliphatic rings. The molecule has 0 heterocycles. The number of aliphatic hydroxyl groups is 1. The second-order valence-electron chi connectivity index (χ2n) is 2.61. The van der Waals surface area contributed by atoms with Crippen molar-refractivity contribution in [2.75, 3.05) is 7.11 Å². The summed E-state index contributed by atoms with van der Waals surface area (Å²) in [6, 6.07) is 4.77. The summed E-state index contributed by atoms with van der Waals surface area (Å²) in [6.45, 7) is 1.66. The van der Waals surface area contributed by atoms with Crippen molar-refractivity contribution >= 4 is 0 Å². The maximum Gasteiger partial charge on any atom is 0.160 e. The molecule has 0 bridgehead atoms. The van der Waals surface area contributed by atoms with Crippen LogP contribution in [0, 0.1) is 0 Å². The normalized spacial score (nSPS) is 11.6. The third-order valence-corrected chi connectivity index (χ3v) is 1.69. The maximum absolute atomic E-state index is 9.21. The second-order valence-corrected chi connectivity index (χ2v) is 2.61. The first-order valence-electron chi connectivity index (χ1n) is 3.70. The van der Waals surface area contributed by atoms with Crippen molar-refractivity contribution in [3.05, 3.63) is 23.8 Å². The molecule has 4 nitrogen and oxygen atoms in total. The van der Waals surface area contributed by atoms with Crippen LogP contribution in [0.5, 0.6) is 11.5 Å². The van der Waals surface area contributed by atoms with E-state index >= 15 is 0 Å². The fourth-order valence-electron chi connectivity index (χ4n) is 0.954. The smallest absolute Gasteiger partial charge is 0.160 e. The molecule has 13 heavy (non-hydrogen) atoms. The minimum Gasteiger partial charge on any atom is -0.504 e. The summed E-state index contributed by atoms with van der Waals surface area (Å²) < 4.78 is 4.87. The van der Waals surface area contributed by atoms with E-state index in [1.54, 1.807) is 19.1 Å². The molecule has 0 amide bonds. The molecule has 1 rings (SSSR count). The van der Waals surface area contributed by atoms with Crippen LogP contribution in [-0.2, 0) is 0 Å². The SMILES string of the molecule is COc1cc(C(C)O)ccc1O.N. The highest BCUT2D eigenvalue weighted by atomic mass is 16.5. The summed E-state index contributed by atoms with van der Waals surface area (Å²) in [7, 11) is 1.47. The minimum atomic E-state index is -0.542. The number of phenols is 1. The van der Waals surface area contributed by atoms with Gasteiger partial charge in [-0.15, -0.1) is 0 Å². The lowest BCUT2D eigenvalue weighted by atomic mass is 10.1. The summed E-state index contributed by atoms with van der Waals surface area (Å²) in [6.07, 6.45) is -0.542. The maximum atomic E-state index is 9.21. The van der Waals surface area contributed by atoms with Gasteiger partial charge in [-0.1, -0.05) is 6.07 Å². The van der Waals surface area contributed by atoms with Gasteiger partial charge in [-0.25, -0.2) is 0 Å². The zero-order valence-corrected chi connectivity index (χ0v) is 7.82. The fourth-order valence-corrected chi connectivity index (χ4v) is 0.954. The molecule has 0 radical (unpaired) electrons. The van der Waals surface area contributed by atoms with E-state index in [9.17, 15) is 10.2 Å². The Hall–Kier alpha value is -1.26. The molecule has 1 unspecified atom stereocenters. The van der Waals surface area contributed by atoms with Crippen LogP contribution in [0.25, 0.3) is 0 Å². The van der Waals surface area contributed by atoms with E-state index in [0.717, 1.165) is 5.56 Å². The van der Waals surface area contributed by atoms with E-state index in [0.29, 0.717) is 5.75 Å². The number of aromatic hydroxyl groups is 1. The van der Waals surface area contributed by atoms with Crippen molar-refractivity contribution in [3.63, 3.8) is 0 Å². The highest BCUT2D eigenvalue weighted by Crippen LogP contribution is 2.28. The standard InChI is InChI=1S/C9H12O3.H3N/c1-6(10)7-3-4-8(11)9(5-7)12-2;/h3-6,10-11H,1-2H3;1H3. The van der Waals surface area contributed by atoms with Gasteiger partial charge in [0.1, 0.15) is 0 Å². The average Bonchev–Trinajstić information content (AvgIpc) is 2.05. The van der Waals surface area contributed by atoms with Crippen LogP contribution in [0.1, 0.15) is 18.6 Å². The third-order valence-electron chi connectivity index (χ3n) is 1.69. The van der Waals surface area contributed by atoms with Crippen molar-refractivity contribution in [1.82, 2.24) is 6.15 Å². The van der Waals surface area contributed by atoms with Crippen molar-refractivity contribution < 1.29 is 14.9 Å². The quantitative estimate of drug-likeness (QED) is 0.653. The Morgan fingerprint density at radius 2 is 2.00 bits per heavy atom. The zero-order chi connectivity index (χ0) is 9.14. The summed E-state index contributed by atoms with van der Waals surface area (Å²) in [4.78, 5) is 0. The first-order valence-corrected chi connectivity index (χ1v) is 3.70. The van der Waals surface area contributed by atoms with E-state index in [1.165, 1.54) is 13.2 Å². The third kappa shape index (κ3) is 2.61. The van der Waals surface area contributed by atoms with Gasteiger partial charge in [0.25, 0.3) is 0 Å². The van der Waals surface area contributed by atoms with Gasteiger partial charge < -0.3 is 21.1 Å². The molecule has 5 N–H and O–H groups in total. The number of methoxy groups -OCH3 is 1. The monoisotopic (exact) mass is 185 g/mol. The number of aliphatic hydroxyl groups excluding tert-OH is 1. The van der Waals surface area contributed by atoms with Gasteiger partial charge in [-0.3, -0.25) is 0 Å². The number of phenolic OH excluding ortho intramolecular Hbond substituents is 1. The number of hydrogen-bond donors (Lipinski definition) is 3. The van der Waals surface area contributed by atoms with Crippen LogP contribution >= 0.6 is 0 Å². The van der Waals surface area contributed by atoms with Gasteiger partial charge in [-0.2, -0.15) is 0 Å². The van der Waals surface area contributed by atoms with E-state index in [2.05, 4.69) is 0 Å². The Labute approximate surface area is 77.4 Å². The van der Waals surface area contributed by atoms with E-state index in [1.807, 2.05) is 0 Å². The van der Waals surface area contributed by atoms with Gasteiger partial charge >= 0.3 is 0 Å². The number of ether oxygens (including phenoxy) is 1. The van der Waals surface area contributed by atoms with Gasteiger partial charge in [0.2, 0.25) is 0 Å². The van der Waals surface area contributed by atoms with Crippen molar-refractivity contribution in [3.8, 4) is 11.5 Å². The lowest BCUT2D eigenvalue weighted by molar-refractivity contribution is 0.198. The van der Waals surface area contributed by atoms with Crippen molar-refractivity contribution in [2.45, 2.75) is 13.0 Å². The number of benzene rings is 1. The van der Waals surface area contributed by atoms with Gasteiger partial charge in [0.05, 0.1) is 13.2 Å². The molecule has 1 aromatic rings. The lowest BCUT2D eigenvalue weighted by Crippen LogP contribution is -1.92. The molecular formula is C9H15NO3. The van der Waals surface area contributed by atoms with E-state index in [4.69, 9.17) is 4.74 Å². The summed E-state index contributed by atoms with van der Waals surface area (Å²) >= 11 is 0. The largest absolute Gasteiger partial charge is 0.504 e. The minimum absolute atomic E-state index is 0. The molecule has 0 aliphatic heterocycles. The highest BCUT2D eigenvalue weighted by Gasteiger charge is 2.05. The Balaban J connectivity index is 0.00000144. The van der Waals surface area contributed by atoms with Crippen LogP contribution < -0.4 is 10.9 Å². The molecule has 0 aromatic heterocycles.